The molecule has 0 spiro atoms. The standard InChI is InChI=1S/C22H25FN2O3/c23-18-6-8-19(9-7-18)24-10-12-25(13-11-24)22(26)17-3-1-4-20(15-17)28-16-21-5-2-14-27-21/h1,3-4,6-9,15,21H,2,5,10-14,16H2. The van der Waals surface area contributed by atoms with Crippen LogP contribution in [0.25, 0.3) is 0 Å². The average molecular weight is 384 g/mol. The fourth-order valence-corrected chi connectivity index (χ4v) is 3.69. The Bertz CT molecular complexity index is 798. The molecule has 2 fully saturated rings. The first-order valence-corrected chi connectivity index (χ1v) is 9.83. The van der Waals surface area contributed by atoms with Crippen molar-refractivity contribution in [2.24, 2.45) is 0 Å². The number of carbonyl (C=O) groups is 1. The summed E-state index contributed by atoms with van der Waals surface area (Å²) >= 11 is 0. The van der Waals surface area contributed by atoms with Crippen LogP contribution >= 0.6 is 0 Å². The summed E-state index contributed by atoms with van der Waals surface area (Å²) in [4.78, 5) is 16.9. The first kappa shape index (κ1) is 18.7. The van der Waals surface area contributed by atoms with E-state index in [1.165, 1.54) is 12.1 Å². The highest BCUT2D eigenvalue weighted by Crippen LogP contribution is 2.20. The zero-order chi connectivity index (χ0) is 19.3. The molecule has 2 heterocycles. The van der Waals surface area contributed by atoms with E-state index < -0.39 is 0 Å². The maximum absolute atomic E-state index is 13.1. The Labute approximate surface area is 164 Å². The van der Waals surface area contributed by atoms with Crippen LogP contribution in [0.15, 0.2) is 48.5 Å². The van der Waals surface area contributed by atoms with Gasteiger partial charge in [-0.15, -0.1) is 0 Å². The van der Waals surface area contributed by atoms with Gasteiger partial charge in [0.15, 0.2) is 0 Å². The lowest BCUT2D eigenvalue weighted by Crippen LogP contribution is -2.48. The number of piperazine rings is 1. The molecule has 5 nitrogen and oxygen atoms in total. The van der Waals surface area contributed by atoms with Gasteiger partial charge >= 0.3 is 0 Å². The van der Waals surface area contributed by atoms with Gasteiger partial charge < -0.3 is 19.3 Å². The second-order valence-electron chi connectivity index (χ2n) is 7.23. The predicted molar refractivity (Wildman–Crippen MR) is 105 cm³/mol. The summed E-state index contributed by atoms with van der Waals surface area (Å²) in [7, 11) is 0. The van der Waals surface area contributed by atoms with Gasteiger partial charge in [0.05, 0.1) is 6.10 Å². The van der Waals surface area contributed by atoms with Crippen molar-refractivity contribution in [3.8, 4) is 5.75 Å². The fourth-order valence-electron chi connectivity index (χ4n) is 3.69. The van der Waals surface area contributed by atoms with Crippen molar-refractivity contribution in [3.05, 3.63) is 59.9 Å². The minimum absolute atomic E-state index is 0.0151. The molecule has 0 aliphatic carbocycles. The van der Waals surface area contributed by atoms with Gasteiger partial charge in [-0.05, 0) is 55.3 Å². The molecular weight excluding hydrogens is 359 g/mol. The number of anilines is 1. The van der Waals surface area contributed by atoms with Crippen molar-refractivity contribution in [1.82, 2.24) is 4.90 Å². The SMILES string of the molecule is O=C(c1cccc(OCC2CCCO2)c1)N1CCN(c2ccc(F)cc2)CC1. The van der Waals surface area contributed by atoms with E-state index in [1.807, 2.05) is 29.2 Å². The highest BCUT2D eigenvalue weighted by atomic mass is 19.1. The zero-order valence-corrected chi connectivity index (χ0v) is 15.9. The van der Waals surface area contributed by atoms with Gasteiger partial charge in [-0.2, -0.15) is 0 Å². The molecule has 2 aliphatic rings. The molecule has 0 radical (unpaired) electrons. The Hall–Kier alpha value is -2.60. The lowest BCUT2D eigenvalue weighted by molar-refractivity contribution is 0.0677. The highest BCUT2D eigenvalue weighted by molar-refractivity contribution is 5.94. The Morgan fingerprint density at radius 1 is 1.11 bits per heavy atom. The molecule has 1 unspecified atom stereocenters. The Balaban J connectivity index is 1.33. The summed E-state index contributed by atoms with van der Waals surface area (Å²) in [5.74, 6) is 0.478. The molecule has 1 amide bonds. The van der Waals surface area contributed by atoms with Crippen LogP contribution in [-0.4, -0.2) is 56.3 Å². The van der Waals surface area contributed by atoms with Gasteiger partial charge in [0.25, 0.3) is 5.91 Å². The lowest BCUT2D eigenvalue weighted by Gasteiger charge is -2.36. The third-order valence-electron chi connectivity index (χ3n) is 5.30. The third-order valence-corrected chi connectivity index (χ3v) is 5.30. The minimum atomic E-state index is -0.237. The molecule has 2 aromatic carbocycles. The Morgan fingerprint density at radius 3 is 2.61 bits per heavy atom. The van der Waals surface area contributed by atoms with Crippen molar-refractivity contribution < 1.29 is 18.7 Å². The van der Waals surface area contributed by atoms with Gasteiger partial charge in [-0.1, -0.05) is 6.07 Å². The van der Waals surface area contributed by atoms with E-state index >= 15 is 0 Å². The molecule has 148 valence electrons. The van der Waals surface area contributed by atoms with E-state index in [-0.39, 0.29) is 17.8 Å². The molecule has 28 heavy (non-hydrogen) atoms. The lowest BCUT2D eigenvalue weighted by atomic mass is 10.1. The number of rotatable bonds is 5. The number of benzene rings is 2. The maximum Gasteiger partial charge on any atom is 0.254 e. The molecule has 0 saturated carbocycles. The van der Waals surface area contributed by atoms with Gasteiger partial charge in [0.2, 0.25) is 0 Å². The maximum atomic E-state index is 13.1. The average Bonchev–Trinajstić information content (AvgIpc) is 3.26. The number of amides is 1. The zero-order valence-electron chi connectivity index (χ0n) is 15.9. The van der Waals surface area contributed by atoms with Crippen molar-refractivity contribution in [1.29, 1.82) is 0 Å². The molecule has 0 N–H and O–H groups in total. The van der Waals surface area contributed by atoms with Crippen LogP contribution in [0.5, 0.6) is 5.75 Å². The van der Waals surface area contributed by atoms with E-state index in [0.717, 1.165) is 38.2 Å². The van der Waals surface area contributed by atoms with Crippen molar-refractivity contribution in [3.63, 3.8) is 0 Å². The van der Waals surface area contributed by atoms with Crippen molar-refractivity contribution in [2.75, 3.05) is 44.3 Å². The molecule has 0 bridgehead atoms. The molecular formula is C22H25FN2O3. The van der Waals surface area contributed by atoms with Crippen LogP contribution in [0.2, 0.25) is 0 Å². The summed E-state index contributed by atoms with van der Waals surface area (Å²) in [5, 5.41) is 0. The van der Waals surface area contributed by atoms with E-state index in [0.29, 0.717) is 31.0 Å². The molecule has 6 heteroatoms. The Morgan fingerprint density at radius 2 is 1.89 bits per heavy atom. The van der Waals surface area contributed by atoms with Crippen LogP contribution < -0.4 is 9.64 Å². The van der Waals surface area contributed by atoms with Gasteiger partial charge in [-0.25, -0.2) is 4.39 Å². The fraction of sp³-hybridized carbons (Fsp3) is 0.409. The normalized spacial score (nSPS) is 19.7. The molecule has 2 aromatic rings. The van der Waals surface area contributed by atoms with Crippen LogP contribution in [0, 0.1) is 5.82 Å². The van der Waals surface area contributed by atoms with E-state index in [4.69, 9.17) is 9.47 Å². The smallest absolute Gasteiger partial charge is 0.254 e. The molecule has 4 rings (SSSR count). The van der Waals surface area contributed by atoms with Crippen LogP contribution in [0.3, 0.4) is 0 Å². The number of nitrogens with zero attached hydrogens (tertiary/aromatic N) is 2. The van der Waals surface area contributed by atoms with Gasteiger partial charge in [0.1, 0.15) is 18.2 Å². The Kier molecular flexibility index (Phi) is 5.76. The molecule has 1 atom stereocenters. The first-order valence-electron chi connectivity index (χ1n) is 9.83. The van der Waals surface area contributed by atoms with E-state index in [9.17, 15) is 9.18 Å². The van der Waals surface area contributed by atoms with Crippen molar-refractivity contribution >= 4 is 11.6 Å². The number of ether oxygens (including phenoxy) is 2. The van der Waals surface area contributed by atoms with Gasteiger partial charge in [0, 0.05) is 44.0 Å². The van der Waals surface area contributed by atoms with Crippen molar-refractivity contribution in [2.45, 2.75) is 18.9 Å². The largest absolute Gasteiger partial charge is 0.491 e. The number of hydrogen-bond donors (Lipinski definition) is 0. The number of hydrogen-bond acceptors (Lipinski definition) is 4. The van der Waals surface area contributed by atoms with Crippen LogP contribution in [0.1, 0.15) is 23.2 Å². The monoisotopic (exact) mass is 384 g/mol. The van der Waals surface area contributed by atoms with Crippen LogP contribution in [-0.2, 0) is 4.74 Å². The molecule has 2 saturated heterocycles. The summed E-state index contributed by atoms with van der Waals surface area (Å²) < 4.78 is 24.5. The molecule has 2 aliphatic heterocycles. The summed E-state index contributed by atoms with van der Waals surface area (Å²) in [5.41, 5.74) is 1.62. The number of carbonyl (C=O) groups excluding carboxylic acids is 1. The van der Waals surface area contributed by atoms with Gasteiger partial charge in [-0.3, -0.25) is 4.79 Å². The highest BCUT2D eigenvalue weighted by Gasteiger charge is 2.23. The topological polar surface area (TPSA) is 42.0 Å². The second kappa shape index (κ2) is 8.61. The first-order chi connectivity index (χ1) is 13.7. The minimum Gasteiger partial charge on any atom is -0.491 e. The number of halogens is 1. The molecule has 0 aromatic heterocycles. The quantitative estimate of drug-likeness (QED) is 0.793. The summed E-state index contributed by atoms with van der Waals surface area (Å²) in [6, 6.07) is 13.9. The van der Waals surface area contributed by atoms with Crippen LogP contribution in [0.4, 0.5) is 10.1 Å². The summed E-state index contributed by atoms with van der Waals surface area (Å²) in [6.07, 6.45) is 2.26. The third kappa shape index (κ3) is 4.44. The predicted octanol–water partition coefficient (Wildman–Crippen LogP) is 3.35. The summed E-state index contributed by atoms with van der Waals surface area (Å²) in [6.45, 7) is 4.05. The second-order valence-corrected chi connectivity index (χ2v) is 7.23. The van der Waals surface area contributed by atoms with E-state index in [1.54, 1.807) is 12.1 Å². The van der Waals surface area contributed by atoms with E-state index in [2.05, 4.69) is 4.90 Å².